The van der Waals surface area contributed by atoms with E-state index in [2.05, 4.69) is 81.7 Å². The lowest BCUT2D eigenvalue weighted by Crippen LogP contribution is -2.99. The van der Waals surface area contributed by atoms with Crippen LogP contribution in [0.3, 0.4) is 0 Å². The zero-order valence-electron chi connectivity index (χ0n) is 23.8. The van der Waals surface area contributed by atoms with Crippen molar-refractivity contribution in [2.75, 3.05) is 14.1 Å². The Labute approximate surface area is 200 Å². The van der Waals surface area contributed by atoms with Crippen LogP contribution >= 0.6 is 0 Å². The average Bonchev–Trinajstić information content (AvgIpc) is 2.76. The molecule has 0 saturated carbocycles. The van der Waals surface area contributed by atoms with E-state index < -0.39 is 11.3 Å². The number of rotatable bonds is 15. The van der Waals surface area contributed by atoms with Crippen molar-refractivity contribution in [1.82, 2.24) is 5.43 Å². The van der Waals surface area contributed by atoms with Crippen LogP contribution in [0.1, 0.15) is 121 Å². The number of hydrogen-bond donors (Lipinski definition) is 5. The third-order valence-electron chi connectivity index (χ3n) is 10.0. The van der Waals surface area contributed by atoms with Gasteiger partial charge in [0.05, 0.1) is 32.7 Å². The van der Waals surface area contributed by atoms with E-state index in [0.29, 0.717) is 0 Å². The molecule has 0 rings (SSSR count). The van der Waals surface area contributed by atoms with E-state index in [9.17, 15) is 0 Å². The summed E-state index contributed by atoms with van der Waals surface area (Å²) in [6.45, 7) is 21.9. The summed E-state index contributed by atoms with van der Waals surface area (Å²) in [5, 5.41) is 0. The van der Waals surface area contributed by atoms with Gasteiger partial charge >= 0.3 is 0 Å². The number of nitrogens with one attached hydrogen (secondary N) is 1. The summed E-state index contributed by atoms with van der Waals surface area (Å²) in [5.41, 5.74) is 1.69. The number of nitrogens with two attached hydrogens (primary N) is 4. The first-order valence-electron chi connectivity index (χ1n) is 13.0. The summed E-state index contributed by atoms with van der Waals surface area (Å²) in [7, 11) is 4.07. The minimum Gasteiger partial charge on any atom is -0.170 e. The van der Waals surface area contributed by atoms with E-state index in [-0.39, 0.29) is 25.1 Å². The van der Waals surface area contributed by atoms with Gasteiger partial charge in [0.1, 0.15) is 11.1 Å². The molecule has 32 heavy (non-hydrogen) atoms. The lowest BCUT2D eigenvalue weighted by Gasteiger charge is -2.66. The molecule has 9 N–H and O–H groups in total. The molecule has 3 atom stereocenters. The predicted molar refractivity (Wildman–Crippen MR) is 137 cm³/mol. The highest BCUT2D eigenvalue weighted by Crippen LogP contribution is 2.50. The molecule has 0 heterocycles. The molecule has 3 unspecified atom stereocenters. The number of quaternary nitrogens is 3. The molecular formula is C24H61N8+3. The molecule has 0 aromatic carbocycles. The Kier molecular flexibility index (Phi) is 10.4. The Morgan fingerprint density at radius 1 is 0.656 bits per heavy atom. The van der Waals surface area contributed by atoms with Gasteiger partial charge in [0, 0.05) is 26.3 Å². The molecule has 0 spiro atoms. The van der Waals surface area contributed by atoms with Crippen LogP contribution in [0.2, 0.25) is 0 Å². The van der Waals surface area contributed by atoms with Crippen LogP contribution in [0.15, 0.2) is 0 Å². The lowest BCUT2D eigenvalue weighted by atomic mass is 9.81. The van der Waals surface area contributed by atoms with Crippen LogP contribution in [-0.4, -0.2) is 50.5 Å². The molecule has 0 radical (unpaired) electrons. The molecule has 194 valence electrons. The van der Waals surface area contributed by atoms with Crippen molar-refractivity contribution < 1.29 is 14.0 Å². The fourth-order valence-corrected chi connectivity index (χ4v) is 6.65. The average molecular weight is 462 g/mol. The summed E-state index contributed by atoms with van der Waals surface area (Å²) in [6.07, 6.45) is 6.67. The van der Waals surface area contributed by atoms with Gasteiger partial charge in [-0.25, -0.2) is 0 Å². The largest absolute Gasteiger partial charge is 0.282 e. The maximum atomic E-state index is 7.62. The first-order chi connectivity index (χ1) is 14.5. The molecule has 0 fully saturated rings. The van der Waals surface area contributed by atoms with Crippen LogP contribution in [-0.2, 0) is 0 Å². The number of hydrogen-bond acceptors (Lipinski definition) is 5. The van der Waals surface area contributed by atoms with E-state index in [1.165, 1.54) is 0 Å². The monoisotopic (exact) mass is 462 g/mol. The van der Waals surface area contributed by atoms with Crippen molar-refractivity contribution >= 4 is 0 Å². The smallest absolute Gasteiger partial charge is 0.170 e. The molecule has 0 aliphatic rings. The third kappa shape index (κ3) is 3.94. The third-order valence-corrected chi connectivity index (χ3v) is 10.0. The Morgan fingerprint density at radius 3 is 1.31 bits per heavy atom. The molecule has 0 aromatic rings. The Balaban J connectivity index is 7.61. The number of nitrogens with zero attached hydrogens (tertiary/aromatic N) is 3. The quantitative estimate of drug-likeness (QED) is 0.110. The second kappa shape index (κ2) is 10.5. The molecule has 0 amide bonds. The summed E-state index contributed by atoms with van der Waals surface area (Å²) in [6, 6.07) is 0. The van der Waals surface area contributed by atoms with E-state index in [1.807, 2.05) is 7.05 Å². The lowest BCUT2D eigenvalue weighted by molar-refractivity contribution is -1.29. The molecule has 0 aromatic heterocycles. The molecule has 8 nitrogen and oxygen atoms in total. The first-order valence-corrected chi connectivity index (χ1v) is 13.0. The van der Waals surface area contributed by atoms with E-state index in [1.54, 1.807) is 0 Å². The van der Waals surface area contributed by atoms with E-state index >= 15 is 0 Å². The van der Waals surface area contributed by atoms with Gasteiger partial charge in [-0.05, 0) is 27.2 Å². The van der Waals surface area contributed by atoms with Crippen LogP contribution in [0.25, 0.3) is 0 Å². The van der Waals surface area contributed by atoms with Crippen molar-refractivity contribution in [3.8, 4) is 0 Å². The van der Waals surface area contributed by atoms with Crippen LogP contribution in [0.5, 0.6) is 0 Å². The summed E-state index contributed by atoms with van der Waals surface area (Å²) < 4.78 is 0.153. The van der Waals surface area contributed by atoms with Crippen LogP contribution in [0.4, 0.5) is 0 Å². The van der Waals surface area contributed by atoms with Gasteiger partial charge in [-0.2, -0.15) is 23.4 Å². The first kappa shape index (κ1) is 31.7. The fourth-order valence-electron chi connectivity index (χ4n) is 6.65. The van der Waals surface area contributed by atoms with Gasteiger partial charge in [-0.3, -0.25) is 0 Å². The van der Waals surface area contributed by atoms with Crippen molar-refractivity contribution in [1.29, 1.82) is 0 Å². The van der Waals surface area contributed by atoms with Gasteiger partial charge < -0.3 is 0 Å². The zero-order valence-corrected chi connectivity index (χ0v) is 23.8. The highest BCUT2D eigenvalue weighted by molar-refractivity contribution is 4.84. The van der Waals surface area contributed by atoms with Gasteiger partial charge in [0.25, 0.3) is 11.3 Å². The van der Waals surface area contributed by atoms with Gasteiger partial charge in [-0.1, -0.05) is 48.5 Å². The molecular weight excluding hydrogens is 400 g/mol. The maximum absolute atomic E-state index is 7.62. The standard InChI is InChI=1S/C24H61N8/c1-13-20-24(19-7,32(28,29-11)21(8,9)14-2)30(12,25)23(17-5,18-6)31(26,27)22(10,15-3)16-4/h29H,13-20,25-28H2,1-12H3/q+3. The second-order valence-electron chi connectivity index (χ2n) is 10.9. The van der Waals surface area contributed by atoms with Crippen molar-refractivity contribution in [3.05, 3.63) is 0 Å². The highest BCUT2D eigenvalue weighted by Gasteiger charge is 2.77. The Hall–Kier alpha value is -0.320. The van der Waals surface area contributed by atoms with Gasteiger partial charge in [0.2, 0.25) is 0 Å². The summed E-state index contributed by atoms with van der Waals surface area (Å²) in [4.78, 5) is 0. The fraction of sp³-hybridized carbons (Fsp3) is 1.00. The Bertz CT molecular complexity index is 581. The zero-order chi connectivity index (χ0) is 25.9. The molecule has 0 saturated heterocycles. The summed E-state index contributed by atoms with van der Waals surface area (Å²) in [5.74, 6) is 29.5. The maximum Gasteiger partial charge on any atom is 0.282 e. The van der Waals surface area contributed by atoms with E-state index in [0.717, 1.165) is 51.4 Å². The Morgan fingerprint density at radius 2 is 1.06 bits per heavy atom. The second-order valence-corrected chi connectivity index (χ2v) is 10.9. The normalized spacial score (nSPS) is 19.9. The van der Waals surface area contributed by atoms with Crippen LogP contribution in [0, 0.1) is 0 Å². The van der Waals surface area contributed by atoms with Crippen molar-refractivity contribution in [2.24, 2.45) is 23.4 Å². The minimum atomic E-state index is -0.657. The van der Waals surface area contributed by atoms with Gasteiger partial charge in [0.15, 0.2) is 0 Å². The van der Waals surface area contributed by atoms with Crippen molar-refractivity contribution in [2.45, 2.75) is 143 Å². The highest BCUT2D eigenvalue weighted by atomic mass is 16.0. The topological polar surface area (TPSA) is 116 Å². The molecule has 0 aliphatic carbocycles. The van der Waals surface area contributed by atoms with Crippen molar-refractivity contribution in [3.63, 3.8) is 0 Å². The minimum absolute atomic E-state index is 0.130. The van der Waals surface area contributed by atoms with Gasteiger partial charge in [-0.15, -0.1) is 19.4 Å². The molecule has 0 bridgehead atoms. The summed E-state index contributed by atoms with van der Waals surface area (Å²) >= 11 is 0. The predicted octanol–water partition coefficient (Wildman–Crippen LogP) is 3.89. The SMILES string of the molecule is CCCC(CC)([N+](C)(N)C(CC)(CC)[N+](N)(N)C(C)(CC)CC)[N+](N)(NC)C(C)(C)CC. The van der Waals surface area contributed by atoms with Crippen LogP contribution < -0.4 is 28.8 Å². The molecule has 8 heteroatoms. The van der Waals surface area contributed by atoms with E-state index in [4.69, 9.17) is 23.4 Å². The molecule has 0 aliphatic heterocycles.